The molecule has 0 atom stereocenters. The summed E-state index contributed by atoms with van der Waals surface area (Å²) in [5.41, 5.74) is 2.16. The number of aliphatic hydroxyl groups is 1. The van der Waals surface area contributed by atoms with Gasteiger partial charge in [-0.05, 0) is 24.3 Å². The van der Waals surface area contributed by atoms with E-state index >= 15 is 0 Å². The molecule has 0 aliphatic heterocycles. The van der Waals surface area contributed by atoms with Gasteiger partial charge in [0.15, 0.2) is 11.6 Å². The third-order valence-electron chi connectivity index (χ3n) is 4.10. The number of benzene rings is 1. The van der Waals surface area contributed by atoms with Gasteiger partial charge in [0.25, 0.3) is 11.8 Å². The molecule has 4 rings (SSSR count). The fraction of sp³-hybridized carbons (Fsp3) is 0.167. The summed E-state index contributed by atoms with van der Waals surface area (Å²) in [6.45, 7) is -0.347. The Labute approximate surface area is 164 Å². The number of hydrogen-bond acceptors (Lipinski definition) is 8. The third kappa shape index (κ3) is 2.90. The smallest absolute Gasteiger partial charge is 0.278 e. The minimum Gasteiger partial charge on any atom is -0.477 e. The van der Waals surface area contributed by atoms with Crippen molar-refractivity contribution in [1.82, 2.24) is 29.7 Å². The Morgan fingerprint density at radius 3 is 2.54 bits per heavy atom. The SMILES string of the molecule is COc1nc2ccc(Cl)c(-n3c(CO)nnc3-c3cccnc3)c2nc1OC. The lowest BCUT2D eigenvalue weighted by Crippen LogP contribution is -2.07. The van der Waals surface area contributed by atoms with E-state index < -0.39 is 0 Å². The predicted molar refractivity (Wildman–Crippen MR) is 102 cm³/mol. The molecule has 0 spiro atoms. The number of aromatic nitrogens is 6. The molecule has 0 saturated heterocycles. The van der Waals surface area contributed by atoms with Crippen molar-refractivity contribution >= 4 is 22.6 Å². The van der Waals surface area contributed by atoms with Crippen molar-refractivity contribution in [2.24, 2.45) is 0 Å². The molecule has 0 aliphatic rings. The number of methoxy groups -OCH3 is 2. The summed E-state index contributed by atoms with van der Waals surface area (Å²) in [6, 6.07) is 7.03. The van der Waals surface area contributed by atoms with Gasteiger partial charge in [0.2, 0.25) is 0 Å². The Morgan fingerprint density at radius 1 is 1.07 bits per heavy atom. The second-order valence-electron chi connectivity index (χ2n) is 5.68. The number of fused-ring (bicyclic) bond motifs is 1. The first kappa shape index (κ1) is 18.1. The Hall–Kier alpha value is -3.30. The van der Waals surface area contributed by atoms with Gasteiger partial charge in [0, 0.05) is 18.0 Å². The molecule has 142 valence electrons. The van der Waals surface area contributed by atoms with Gasteiger partial charge in [-0.2, -0.15) is 0 Å². The van der Waals surface area contributed by atoms with Crippen molar-refractivity contribution in [1.29, 1.82) is 0 Å². The maximum Gasteiger partial charge on any atom is 0.278 e. The second kappa shape index (κ2) is 7.37. The minimum absolute atomic E-state index is 0.208. The van der Waals surface area contributed by atoms with Crippen molar-refractivity contribution in [3.05, 3.63) is 47.5 Å². The third-order valence-corrected chi connectivity index (χ3v) is 4.41. The summed E-state index contributed by atoms with van der Waals surface area (Å²) >= 11 is 6.54. The van der Waals surface area contributed by atoms with Crippen LogP contribution in [0.5, 0.6) is 11.8 Å². The van der Waals surface area contributed by atoms with Crippen LogP contribution in [0, 0.1) is 0 Å². The van der Waals surface area contributed by atoms with Crippen LogP contribution in [0.4, 0.5) is 0 Å². The molecule has 0 aliphatic carbocycles. The van der Waals surface area contributed by atoms with Crippen molar-refractivity contribution in [3.63, 3.8) is 0 Å². The molecular formula is C18H15ClN6O3. The summed E-state index contributed by atoms with van der Waals surface area (Å²) in [4.78, 5) is 13.1. The van der Waals surface area contributed by atoms with E-state index in [1.54, 1.807) is 35.2 Å². The van der Waals surface area contributed by atoms with Crippen LogP contribution < -0.4 is 9.47 Å². The molecule has 0 saturated carbocycles. The quantitative estimate of drug-likeness (QED) is 0.546. The maximum atomic E-state index is 9.82. The Bertz CT molecular complexity index is 1150. The molecule has 1 aromatic carbocycles. The van der Waals surface area contributed by atoms with E-state index in [1.807, 2.05) is 6.07 Å². The van der Waals surface area contributed by atoms with E-state index in [4.69, 9.17) is 21.1 Å². The lowest BCUT2D eigenvalue weighted by Gasteiger charge is -2.15. The first-order chi connectivity index (χ1) is 13.7. The van der Waals surface area contributed by atoms with Crippen LogP contribution in [0.1, 0.15) is 5.82 Å². The second-order valence-corrected chi connectivity index (χ2v) is 6.09. The number of pyridine rings is 1. The van der Waals surface area contributed by atoms with Gasteiger partial charge < -0.3 is 14.6 Å². The average Bonchev–Trinajstić information content (AvgIpc) is 3.16. The Balaban J connectivity index is 2.07. The number of hydrogen-bond donors (Lipinski definition) is 1. The van der Waals surface area contributed by atoms with Gasteiger partial charge in [-0.25, -0.2) is 9.97 Å². The van der Waals surface area contributed by atoms with Crippen molar-refractivity contribution in [2.75, 3.05) is 14.2 Å². The van der Waals surface area contributed by atoms with E-state index in [2.05, 4.69) is 25.1 Å². The Morgan fingerprint density at radius 2 is 1.86 bits per heavy atom. The van der Waals surface area contributed by atoms with E-state index in [-0.39, 0.29) is 18.4 Å². The maximum absolute atomic E-state index is 9.82. The fourth-order valence-corrected chi connectivity index (χ4v) is 3.10. The van der Waals surface area contributed by atoms with Crippen LogP contribution in [-0.2, 0) is 6.61 Å². The van der Waals surface area contributed by atoms with Crippen LogP contribution in [0.3, 0.4) is 0 Å². The molecule has 4 aromatic rings. The fourth-order valence-electron chi connectivity index (χ4n) is 2.87. The van der Waals surface area contributed by atoms with Gasteiger partial charge in [-0.3, -0.25) is 9.55 Å². The summed E-state index contributed by atoms with van der Waals surface area (Å²) in [7, 11) is 2.96. The van der Waals surface area contributed by atoms with E-state index in [0.29, 0.717) is 39.0 Å². The lowest BCUT2D eigenvalue weighted by atomic mass is 10.2. The zero-order valence-electron chi connectivity index (χ0n) is 15.0. The van der Waals surface area contributed by atoms with Gasteiger partial charge in [-0.15, -0.1) is 10.2 Å². The molecule has 0 unspecified atom stereocenters. The first-order valence-corrected chi connectivity index (χ1v) is 8.60. The molecule has 0 bridgehead atoms. The molecule has 0 fully saturated rings. The molecular weight excluding hydrogens is 384 g/mol. The highest BCUT2D eigenvalue weighted by atomic mass is 35.5. The predicted octanol–water partition coefficient (Wildman–Crippen LogP) is 2.44. The molecule has 3 aromatic heterocycles. The van der Waals surface area contributed by atoms with Crippen molar-refractivity contribution in [2.45, 2.75) is 6.61 Å². The lowest BCUT2D eigenvalue weighted by molar-refractivity contribution is 0.269. The monoisotopic (exact) mass is 398 g/mol. The zero-order chi connectivity index (χ0) is 19.7. The van der Waals surface area contributed by atoms with E-state index in [1.165, 1.54) is 14.2 Å². The molecule has 1 N–H and O–H groups in total. The van der Waals surface area contributed by atoms with Crippen LogP contribution >= 0.6 is 11.6 Å². The molecule has 28 heavy (non-hydrogen) atoms. The highest BCUT2D eigenvalue weighted by Gasteiger charge is 2.22. The topological polar surface area (TPSA) is 108 Å². The number of ether oxygens (including phenoxy) is 2. The van der Waals surface area contributed by atoms with E-state index in [9.17, 15) is 5.11 Å². The number of nitrogens with zero attached hydrogens (tertiary/aromatic N) is 6. The molecule has 10 heteroatoms. The standard InChI is InChI=1S/C18H15ClN6O3/c1-27-17-18(28-2)22-14-12(21-17)6-5-11(19)15(14)25-13(9-26)23-24-16(25)10-4-3-7-20-8-10/h3-8,26H,9H2,1-2H3. The average molecular weight is 399 g/mol. The highest BCUT2D eigenvalue weighted by Crippen LogP contribution is 2.35. The van der Waals surface area contributed by atoms with Crippen molar-refractivity contribution < 1.29 is 14.6 Å². The van der Waals surface area contributed by atoms with Crippen LogP contribution in [0.15, 0.2) is 36.7 Å². The largest absolute Gasteiger partial charge is 0.477 e. The normalized spacial score (nSPS) is 11.0. The minimum atomic E-state index is -0.347. The molecule has 0 radical (unpaired) electrons. The zero-order valence-corrected chi connectivity index (χ0v) is 15.8. The summed E-state index contributed by atoms with van der Waals surface area (Å²) in [6.07, 6.45) is 3.31. The van der Waals surface area contributed by atoms with Crippen LogP contribution in [0.25, 0.3) is 28.1 Å². The van der Waals surface area contributed by atoms with Gasteiger partial charge in [0.1, 0.15) is 12.1 Å². The summed E-state index contributed by atoms with van der Waals surface area (Å²) in [5.74, 6) is 1.22. The van der Waals surface area contributed by atoms with Crippen LogP contribution in [0.2, 0.25) is 5.02 Å². The highest BCUT2D eigenvalue weighted by molar-refractivity contribution is 6.33. The van der Waals surface area contributed by atoms with Crippen LogP contribution in [-0.4, -0.2) is 49.0 Å². The summed E-state index contributed by atoms with van der Waals surface area (Å²) < 4.78 is 12.2. The first-order valence-electron chi connectivity index (χ1n) is 8.22. The van der Waals surface area contributed by atoms with E-state index in [0.717, 1.165) is 0 Å². The Kier molecular flexibility index (Phi) is 4.76. The molecule has 9 nitrogen and oxygen atoms in total. The van der Waals surface area contributed by atoms with Gasteiger partial charge in [-0.1, -0.05) is 11.6 Å². The number of aliphatic hydroxyl groups excluding tert-OH is 1. The van der Waals surface area contributed by atoms with Gasteiger partial charge in [0.05, 0.1) is 30.4 Å². The van der Waals surface area contributed by atoms with Gasteiger partial charge >= 0.3 is 0 Å². The number of rotatable bonds is 5. The number of halogens is 1. The van der Waals surface area contributed by atoms with Crippen molar-refractivity contribution in [3.8, 4) is 28.8 Å². The molecule has 3 heterocycles. The molecule has 0 amide bonds. The summed E-state index contributed by atoms with van der Waals surface area (Å²) in [5, 5.41) is 18.5.